The smallest absolute Gasteiger partial charge is 0.258 e. The Balaban J connectivity index is 2.03. The molecule has 1 aromatic rings. The molecule has 0 unspecified atom stereocenters. The number of carbonyl (C=O) groups excluding carboxylic acids is 1. The Morgan fingerprint density at radius 1 is 1.62 bits per heavy atom. The Morgan fingerprint density at radius 2 is 2.38 bits per heavy atom. The molecule has 0 atom stereocenters. The van der Waals surface area contributed by atoms with E-state index in [4.69, 9.17) is 4.42 Å². The van der Waals surface area contributed by atoms with Gasteiger partial charge in [0.25, 0.3) is 5.91 Å². The molecule has 1 amide bonds. The van der Waals surface area contributed by atoms with Crippen LogP contribution in [0.15, 0.2) is 21.4 Å². The zero-order chi connectivity index (χ0) is 11.5. The van der Waals surface area contributed by atoms with Crippen molar-refractivity contribution >= 4 is 21.8 Å². The first-order chi connectivity index (χ1) is 7.72. The van der Waals surface area contributed by atoms with Gasteiger partial charge in [0.05, 0.1) is 11.8 Å². The van der Waals surface area contributed by atoms with E-state index >= 15 is 0 Å². The minimum Gasteiger partial charge on any atom is -0.457 e. The molecule has 0 N–H and O–H groups in total. The molecule has 1 aliphatic rings. The fourth-order valence-corrected chi connectivity index (χ4v) is 2.37. The maximum Gasteiger partial charge on any atom is 0.258 e. The first kappa shape index (κ1) is 11.7. The average Bonchev–Trinajstić information content (AvgIpc) is 2.62. The molecule has 0 bridgehead atoms. The van der Waals surface area contributed by atoms with Gasteiger partial charge >= 0.3 is 0 Å². The molecule has 16 heavy (non-hydrogen) atoms. The van der Waals surface area contributed by atoms with Crippen molar-refractivity contribution < 1.29 is 9.21 Å². The van der Waals surface area contributed by atoms with Gasteiger partial charge in [-0.2, -0.15) is 0 Å². The highest BCUT2D eigenvalue weighted by atomic mass is 79.9. The number of hydrogen-bond acceptors (Lipinski definition) is 2. The van der Waals surface area contributed by atoms with E-state index in [0.717, 1.165) is 13.1 Å². The van der Waals surface area contributed by atoms with Crippen LogP contribution in [0.4, 0.5) is 0 Å². The third-order valence-electron chi connectivity index (χ3n) is 3.22. The summed E-state index contributed by atoms with van der Waals surface area (Å²) in [6.45, 7) is 3.66. The predicted octanol–water partition coefficient (Wildman–Crippen LogP) is 3.30. The zero-order valence-corrected chi connectivity index (χ0v) is 11.0. The summed E-state index contributed by atoms with van der Waals surface area (Å²) in [4.78, 5) is 14.1. The Bertz CT molecular complexity index is 371. The van der Waals surface area contributed by atoms with Crippen molar-refractivity contribution in [3.05, 3.63) is 22.6 Å². The summed E-state index contributed by atoms with van der Waals surface area (Å²) in [6, 6.07) is 1.72. The molecule has 1 heterocycles. The lowest BCUT2D eigenvalue weighted by molar-refractivity contribution is 0.0704. The standard InChI is InChI=1S/C12H16BrNO2/c1-2-14(8-9-4-3-5-9)12(15)10-6-7-16-11(10)13/h6-7,9H,2-5,8H2,1H3. The zero-order valence-electron chi connectivity index (χ0n) is 9.41. The first-order valence-electron chi connectivity index (χ1n) is 5.74. The molecule has 0 spiro atoms. The van der Waals surface area contributed by atoms with E-state index in [9.17, 15) is 4.79 Å². The van der Waals surface area contributed by atoms with Gasteiger partial charge in [0.15, 0.2) is 4.67 Å². The molecule has 3 nitrogen and oxygen atoms in total. The summed E-state index contributed by atoms with van der Waals surface area (Å²) in [5.74, 6) is 0.768. The number of halogens is 1. The predicted molar refractivity (Wildman–Crippen MR) is 65.3 cm³/mol. The van der Waals surface area contributed by atoms with Gasteiger partial charge < -0.3 is 9.32 Å². The molecule has 1 fully saturated rings. The van der Waals surface area contributed by atoms with Crippen LogP contribution in [0.25, 0.3) is 0 Å². The molecule has 88 valence electrons. The van der Waals surface area contributed by atoms with E-state index in [1.807, 2.05) is 11.8 Å². The van der Waals surface area contributed by atoms with Crippen molar-refractivity contribution in [1.29, 1.82) is 0 Å². The molecule has 2 rings (SSSR count). The van der Waals surface area contributed by atoms with Crippen molar-refractivity contribution in [1.82, 2.24) is 4.90 Å². The number of nitrogens with zero attached hydrogens (tertiary/aromatic N) is 1. The molecule has 0 aliphatic heterocycles. The van der Waals surface area contributed by atoms with E-state index in [1.165, 1.54) is 25.5 Å². The van der Waals surface area contributed by atoms with Gasteiger partial charge in [-0.15, -0.1) is 0 Å². The number of amides is 1. The highest BCUT2D eigenvalue weighted by Crippen LogP contribution is 2.28. The largest absolute Gasteiger partial charge is 0.457 e. The van der Waals surface area contributed by atoms with Crippen LogP contribution in [0.2, 0.25) is 0 Å². The van der Waals surface area contributed by atoms with Crippen LogP contribution in [-0.2, 0) is 0 Å². The average molecular weight is 286 g/mol. The minimum atomic E-state index is 0.0648. The lowest BCUT2D eigenvalue weighted by Crippen LogP contribution is -2.37. The summed E-state index contributed by atoms with van der Waals surface area (Å²) in [5, 5.41) is 0. The Kier molecular flexibility index (Phi) is 3.69. The second kappa shape index (κ2) is 5.04. The monoisotopic (exact) mass is 285 g/mol. The van der Waals surface area contributed by atoms with E-state index < -0.39 is 0 Å². The molecule has 0 radical (unpaired) electrons. The topological polar surface area (TPSA) is 33.5 Å². The van der Waals surface area contributed by atoms with Crippen LogP contribution in [0.3, 0.4) is 0 Å². The Morgan fingerprint density at radius 3 is 2.81 bits per heavy atom. The van der Waals surface area contributed by atoms with E-state index in [0.29, 0.717) is 16.2 Å². The number of carbonyl (C=O) groups is 1. The van der Waals surface area contributed by atoms with Gasteiger partial charge in [0.1, 0.15) is 0 Å². The number of furan rings is 1. The maximum atomic E-state index is 12.2. The quantitative estimate of drug-likeness (QED) is 0.851. The van der Waals surface area contributed by atoms with E-state index in [-0.39, 0.29) is 5.91 Å². The van der Waals surface area contributed by atoms with Gasteiger partial charge in [-0.3, -0.25) is 4.79 Å². The number of hydrogen-bond donors (Lipinski definition) is 0. The van der Waals surface area contributed by atoms with Gasteiger partial charge in [-0.1, -0.05) is 6.42 Å². The second-order valence-corrected chi connectivity index (χ2v) is 4.97. The van der Waals surface area contributed by atoms with Crippen LogP contribution in [0.5, 0.6) is 0 Å². The molecule has 1 aliphatic carbocycles. The van der Waals surface area contributed by atoms with Crippen molar-refractivity contribution in [2.45, 2.75) is 26.2 Å². The van der Waals surface area contributed by atoms with E-state index in [2.05, 4.69) is 15.9 Å². The first-order valence-corrected chi connectivity index (χ1v) is 6.54. The maximum absolute atomic E-state index is 12.2. The normalized spacial score (nSPS) is 15.9. The lowest BCUT2D eigenvalue weighted by Gasteiger charge is -2.31. The van der Waals surface area contributed by atoms with Crippen molar-refractivity contribution in [2.24, 2.45) is 5.92 Å². The third kappa shape index (κ3) is 2.32. The van der Waals surface area contributed by atoms with Crippen molar-refractivity contribution in [2.75, 3.05) is 13.1 Å². The Hall–Kier alpha value is -0.770. The minimum absolute atomic E-state index is 0.0648. The summed E-state index contributed by atoms with van der Waals surface area (Å²) in [6.07, 6.45) is 5.37. The van der Waals surface area contributed by atoms with Gasteiger partial charge in [-0.25, -0.2) is 0 Å². The van der Waals surface area contributed by atoms with Gasteiger partial charge in [0.2, 0.25) is 0 Å². The molecular weight excluding hydrogens is 270 g/mol. The Labute approximate surface area is 104 Å². The van der Waals surface area contributed by atoms with Crippen LogP contribution in [-0.4, -0.2) is 23.9 Å². The highest BCUT2D eigenvalue weighted by molar-refractivity contribution is 9.10. The highest BCUT2D eigenvalue weighted by Gasteiger charge is 2.25. The fraction of sp³-hybridized carbons (Fsp3) is 0.583. The molecule has 1 saturated carbocycles. The lowest BCUT2D eigenvalue weighted by atomic mass is 9.85. The molecule has 0 saturated heterocycles. The van der Waals surface area contributed by atoms with Crippen molar-refractivity contribution in [3.8, 4) is 0 Å². The summed E-state index contributed by atoms with van der Waals surface area (Å²) in [5.41, 5.74) is 0.626. The van der Waals surface area contributed by atoms with Crippen LogP contribution >= 0.6 is 15.9 Å². The molecule has 0 aromatic carbocycles. The van der Waals surface area contributed by atoms with Crippen LogP contribution in [0.1, 0.15) is 36.5 Å². The summed E-state index contributed by atoms with van der Waals surface area (Å²) >= 11 is 3.25. The summed E-state index contributed by atoms with van der Waals surface area (Å²) < 4.78 is 5.63. The molecule has 1 aromatic heterocycles. The SMILES string of the molecule is CCN(CC1CCC1)C(=O)c1ccoc1Br. The third-order valence-corrected chi connectivity index (χ3v) is 3.83. The number of rotatable bonds is 4. The molecule has 4 heteroatoms. The van der Waals surface area contributed by atoms with E-state index in [1.54, 1.807) is 6.07 Å². The van der Waals surface area contributed by atoms with Crippen molar-refractivity contribution in [3.63, 3.8) is 0 Å². The van der Waals surface area contributed by atoms with Gasteiger partial charge in [-0.05, 0) is 47.7 Å². The van der Waals surface area contributed by atoms with Crippen LogP contribution < -0.4 is 0 Å². The van der Waals surface area contributed by atoms with Crippen LogP contribution in [0, 0.1) is 5.92 Å². The molecular formula is C12H16BrNO2. The second-order valence-electron chi connectivity index (χ2n) is 4.25. The van der Waals surface area contributed by atoms with Gasteiger partial charge in [0, 0.05) is 13.1 Å². The summed E-state index contributed by atoms with van der Waals surface area (Å²) in [7, 11) is 0. The fourth-order valence-electron chi connectivity index (χ4n) is 1.96.